The largest absolute Gasteiger partial charge is 0.416 e. The summed E-state index contributed by atoms with van der Waals surface area (Å²) in [5.41, 5.74) is 0.408. The SMILES string of the molecule is CC(C)C(C)C[C@H](C)c1ccc(C(F)(F)F)cc1. The van der Waals surface area contributed by atoms with Crippen LogP contribution >= 0.6 is 0 Å². The van der Waals surface area contributed by atoms with E-state index in [1.807, 2.05) is 0 Å². The van der Waals surface area contributed by atoms with Gasteiger partial charge in [-0.15, -0.1) is 0 Å². The molecule has 0 nitrogen and oxygen atoms in total. The van der Waals surface area contributed by atoms with Gasteiger partial charge in [0.1, 0.15) is 0 Å². The number of hydrogen-bond acceptors (Lipinski definition) is 0. The van der Waals surface area contributed by atoms with E-state index < -0.39 is 11.7 Å². The number of rotatable bonds is 4. The highest BCUT2D eigenvalue weighted by Gasteiger charge is 2.30. The van der Waals surface area contributed by atoms with Gasteiger partial charge < -0.3 is 0 Å². The highest BCUT2D eigenvalue weighted by molar-refractivity contribution is 5.26. The third-order valence-corrected chi connectivity index (χ3v) is 3.67. The lowest BCUT2D eigenvalue weighted by atomic mass is 9.85. The van der Waals surface area contributed by atoms with E-state index in [1.165, 1.54) is 12.1 Å². The molecule has 18 heavy (non-hydrogen) atoms. The molecule has 0 amide bonds. The topological polar surface area (TPSA) is 0 Å². The Morgan fingerprint density at radius 2 is 1.44 bits per heavy atom. The summed E-state index contributed by atoms with van der Waals surface area (Å²) in [4.78, 5) is 0. The average molecular weight is 258 g/mol. The number of benzene rings is 1. The zero-order chi connectivity index (χ0) is 13.9. The minimum atomic E-state index is -4.24. The molecule has 3 heteroatoms. The van der Waals surface area contributed by atoms with Crippen LogP contribution < -0.4 is 0 Å². The Hall–Kier alpha value is -0.990. The molecule has 0 heterocycles. The molecule has 0 aliphatic carbocycles. The van der Waals surface area contributed by atoms with Gasteiger partial charge in [0.05, 0.1) is 5.56 Å². The van der Waals surface area contributed by atoms with Crippen molar-refractivity contribution >= 4 is 0 Å². The van der Waals surface area contributed by atoms with Crippen molar-refractivity contribution in [1.29, 1.82) is 0 Å². The molecule has 102 valence electrons. The summed E-state index contributed by atoms with van der Waals surface area (Å²) in [6.07, 6.45) is -3.24. The molecule has 0 aliphatic rings. The summed E-state index contributed by atoms with van der Waals surface area (Å²) in [5, 5.41) is 0. The molecule has 0 bridgehead atoms. The summed E-state index contributed by atoms with van der Waals surface area (Å²) < 4.78 is 37.3. The summed E-state index contributed by atoms with van der Waals surface area (Å²) in [5.74, 6) is 1.47. The van der Waals surface area contributed by atoms with Crippen molar-refractivity contribution in [2.45, 2.75) is 46.2 Å². The van der Waals surface area contributed by atoms with Crippen LogP contribution in [0.15, 0.2) is 24.3 Å². The molecule has 0 saturated carbocycles. The third-order valence-electron chi connectivity index (χ3n) is 3.67. The molecule has 1 aromatic rings. The van der Waals surface area contributed by atoms with E-state index in [4.69, 9.17) is 0 Å². The van der Waals surface area contributed by atoms with E-state index in [2.05, 4.69) is 27.7 Å². The van der Waals surface area contributed by atoms with Crippen LogP contribution in [-0.2, 0) is 6.18 Å². The summed E-state index contributed by atoms with van der Waals surface area (Å²) in [6.45, 7) is 8.60. The first-order valence-electron chi connectivity index (χ1n) is 6.39. The van der Waals surface area contributed by atoms with Gasteiger partial charge >= 0.3 is 6.18 Å². The minimum Gasteiger partial charge on any atom is -0.166 e. The quantitative estimate of drug-likeness (QED) is 0.669. The zero-order valence-corrected chi connectivity index (χ0v) is 11.4. The van der Waals surface area contributed by atoms with Crippen molar-refractivity contribution in [1.82, 2.24) is 0 Å². The smallest absolute Gasteiger partial charge is 0.166 e. The third kappa shape index (κ3) is 4.04. The number of halogens is 3. The van der Waals surface area contributed by atoms with E-state index in [9.17, 15) is 13.2 Å². The Kier molecular flexibility index (Phi) is 4.83. The van der Waals surface area contributed by atoms with Crippen LogP contribution in [0.25, 0.3) is 0 Å². The van der Waals surface area contributed by atoms with Crippen LogP contribution in [0, 0.1) is 11.8 Å². The van der Waals surface area contributed by atoms with Crippen molar-refractivity contribution in [2.75, 3.05) is 0 Å². The minimum absolute atomic E-state index is 0.296. The van der Waals surface area contributed by atoms with Gasteiger partial charge in [-0.25, -0.2) is 0 Å². The maximum atomic E-state index is 12.4. The molecule has 2 atom stereocenters. The van der Waals surface area contributed by atoms with Gasteiger partial charge in [0, 0.05) is 0 Å². The lowest BCUT2D eigenvalue weighted by Crippen LogP contribution is -2.09. The fraction of sp³-hybridized carbons (Fsp3) is 0.600. The standard InChI is InChI=1S/C15H21F3/c1-10(2)11(3)9-12(4)13-5-7-14(8-6-13)15(16,17)18/h5-8,10-12H,9H2,1-4H3/t11?,12-/m0/s1. The highest BCUT2D eigenvalue weighted by atomic mass is 19.4. The molecule has 1 aromatic carbocycles. The van der Waals surface area contributed by atoms with Crippen molar-refractivity contribution in [2.24, 2.45) is 11.8 Å². The van der Waals surface area contributed by atoms with Gasteiger partial charge in [-0.3, -0.25) is 0 Å². The number of alkyl halides is 3. The Bertz CT molecular complexity index is 362. The molecule has 0 aliphatic heterocycles. The van der Waals surface area contributed by atoms with Crippen molar-refractivity contribution in [3.8, 4) is 0 Å². The van der Waals surface area contributed by atoms with Crippen LogP contribution in [0.5, 0.6) is 0 Å². The van der Waals surface area contributed by atoms with Gasteiger partial charge in [0.15, 0.2) is 0 Å². The van der Waals surface area contributed by atoms with Gasteiger partial charge in [-0.05, 0) is 41.9 Å². The molecule has 0 aromatic heterocycles. The molecular weight excluding hydrogens is 237 g/mol. The van der Waals surface area contributed by atoms with E-state index in [0.717, 1.165) is 12.0 Å². The van der Waals surface area contributed by atoms with Crippen molar-refractivity contribution < 1.29 is 13.2 Å². The van der Waals surface area contributed by atoms with Gasteiger partial charge in [0.25, 0.3) is 0 Å². The lowest BCUT2D eigenvalue weighted by molar-refractivity contribution is -0.137. The Balaban J connectivity index is 2.73. The molecular formula is C15H21F3. The average Bonchev–Trinajstić information content (AvgIpc) is 2.27. The first kappa shape index (κ1) is 15.1. The predicted molar refractivity (Wildman–Crippen MR) is 68.5 cm³/mol. The van der Waals surface area contributed by atoms with Crippen LogP contribution in [0.3, 0.4) is 0 Å². The normalized spacial score (nSPS) is 15.8. The second-order valence-electron chi connectivity index (χ2n) is 5.48. The van der Waals surface area contributed by atoms with Crippen molar-refractivity contribution in [3.63, 3.8) is 0 Å². The lowest BCUT2D eigenvalue weighted by Gasteiger charge is -2.21. The maximum Gasteiger partial charge on any atom is 0.416 e. The van der Waals surface area contributed by atoms with Crippen LogP contribution in [0.4, 0.5) is 13.2 Å². The van der Waals surface area contributed by atoms with Crippen LogP contribution in [0.1, 0.15) is 51.2 Å². The number of hydrogen-bond donors (Lipinski definition) is 0. The van der Waals surface area contributed by atoms with E-state index >= 15 is 0 Å². The van der Waals surface area contributed by atoms with E-state index in [-0.39, 0.29) is 0 Å². The Labute approximate surface area is 107 Å². The van der Waals surface area contributed by atoms with Crippen LogP contribution in [0.2, 0.25) is 0 Å². The second kappa shape index (κ2) is 5.77. The fourth-order valence-electron chi connectivity index (χ4n) is 1.97. The molecule has 0 fully saturated rings. The monoisotopic (exact) mass is 258 g/mol. The van der Waals surface area contributed by atoms with Gasteiger partial charge in [0.2, 0.25) is 0 Å². The maximum absolute atomic E-state index is 12.4. The summed E-state index contributed by atoms with van der Waals surface area (Å²) >= 11 is 0. The Morgan fingerprint density at radius 3 is 1.83 bits per heavy atom. The van der Waals surface area contributed by atoms with Gasteiger partial charge in [-0.1, -0.05) is 39.8 Å². The predicted octanol–water partition coefficient (Wildman–Crippen LogP) is 5.49. The second-order valence-corrected chi connectivity index (χ2v) is 5.48. The molecule has 0 radical (unpaired) electrons. The molecule has 1 rings (SSSR count). The van der Waals surface area contributed by atoms with Crippen LogP contribution in [-0.4, -0.2) is 0 Å². The Morgan fingerprint density at radius 1 is 0.944 bits per heavy atom. The zero-order valence-electron chi connectivity index (χ0n) is 11.4. The summed E-state index contributed by atoms with van der Waals surface area (Å²) in [6, 6.07) is 5.54. The van der Waals surface area contributed by atoms with Gasteiger partial charge in [-0.2, -0.15) is 13.2 Å². The molecule has 0 N–H and O–H groups in total. The van der Waals surface area contributed by atoms with E-state index in [1.54, 1.807) is 12.1 Å². The van der Waals surface area contributed by atoms with Crippen molar-refractivity contribution in [3.05, 3.63) is 35.4 Å². The molecule has 0 spiro atoms. The fourth-order valence-corrected chi connectivity index (χ4v) is 1.97. The first-order chi connectivity index (χ1) is 8.21. The van der Waals surface area contributed by atoms with E-state index in [0.29, 0.717) is 17.8 Å². The molecule has 1 unspecified atom stereocenters. The highest BCUT2D eigenvalue weighted by Crippen LogP contribution is 2.32. The molecule has 0 saturated heterocycles. The first-order valence-corrected chi connectivity index (χ1v) is 6.39. The summed E-state index contributed by atoms with van der Waals surface area (Å²) in [7, 11) is 0.